The molecule has 0 unspecified atom stereocenters. The highest BCUT2D eigenvalue weighted by Crippen LogP contribution is 2.61. The van der Waals surface area contributed by atoms with Gasteiger partial charge in [-0.25, -0.2) is 0 Å². The van der Waals surface area contributed by atoms with Crippen LogP contribution in [-0.4, -0.2) is 16.3 Å². The summed E-state index contributed by atoms with van der Waals surface area (Å²) in [6, 6.07) is 3.80. The molecule has 22 heavy (non-hydrogen) atoms. The zero-order valence-electron chi connectivity index (χ0n) is 13.2. The summed E-state index contributed by atoms with van der Waals surface area (Å²) in [5.74, 6) is 2.72. The lowest BCUT2D eigenvalue weighted by Crippen LogP contribution is -2.44. The number of hydrogen-bond donors (Lipinski definition) is 2. The standard InChI is InChI=1S/C19H25ClO2/c1-19-7-6-15-14(16(19)4-5-17(19)22)3-2-11-8-13(21)9-12(10-20)18(11)15/h8-9,14-17,21-22H,2-7,10H2,1H3/t14-,15+,16+,17+,19+/m1/s1. The van der Waals surface area contributed by atoms with Crippen LogP contribution >= 0.6 is 11.6 Å². The van der Waals surface area contributed by atoms with Gasteiger partial charge < -0.3 is 10.2 Å². The van der Waals surface area contributed by atoms with Gasteiger partial charge in [0.15, 0.2) is 0 Å². The van der Waals surface area contributed by atoms with E-state index in [2.05, 4.69) is 6.92 Å². The zero-order chi connectivity index (χ0) is 15.5. The first-order valence-electron chi connectivity index (χ1n) is 8.63. The Morgan fingerprint density at radius 1 is 1.23 bits per heavy atom. The number of aliphatic hydroxyl groups is 1. The third kappa shape index (κ3) is 1.96. The fourth-order valence-electron chi connectivity index (χ4n) is 5.90. The van der Waals surface area contributed by atoms with Crippen LogP contribution < -0.4 is 0 Å². The number of phenols is 1. The maximum atomic E-state index is 10.5. The van der Waals surface area contributed by atoms with Gasteiger partial charge in [-0.15, -0.1) is 11.6 Å². The van der Waals surface area contributed by atoms with E-state index in [0.29, 0.717) is 29.4 Å². The molecule has 4 rings (SSSR count). The summed E-state index contributed by atoms with van der Waals surface area (Å²) >= 11 is 6.18. The fourth-order valence-corrected chi connectivity index (χ4v) is 6.12. The van der Waals surface area contributed by atoms with E-state index in [1.54, 1.807) is 0 Å². The van der Waals surface area contributed by atoms with Crippen LogP contribution in [0.15, 0.2) is 12.1 Å². The van der Waals surface area contributed by atoms with Crippen molar-refractivity contribution in [2.75, 3.05) is 0 Å². The lowest BCUT2D eigenvalue weighted by molar-refractivity contribution is -0.0227. The van der Waals surface area contributed by atoms with Crippen LogP contribution in [-0.2, 0) is 12.3 Å². The van der Waals surface area contributed by atoms with Gasteiger partial charge in [0.05, 0.1) is 6.10 Å². The Kier molecular flexibility index (Phi) is 3.47. The smallest absolute Gasteiger partial charge is 0.116 e. The molecule has 3 aliphatic carbocycles. The predicted octanol–water partition coefficient (Wildman–Crippen LogP) is 4.35. The maximum Gasteiger partial charge on any atom is 0.116 e. The Labute approximate surface area is 137 Å². The van der Waals surface area contributed by atoms with Crippen molar-refractivity contribution in [3.63, 3.8) is 0 Å². The van der Waals surface area contributed by atoms with Gasteiger partial charge in [-0.3, -0.25) is 0 Å². The fraction of sp³-hybridized carbons (Fsp3) is 0.684. The van der Waals surface area contributed by atoms with Crippen molar-refractivity contribution in [1.82, 2.24) is 0 Å². The summed E-state index contributed by atoms with van der Waals surface area (Å²) in [5.41, 5.74) is 3.97. The Balaban J connectivity index is 1.76. The second-order valence-electron chi connectivity index (χ2n) is 7.86. The molecule has 2 N–H and O–H groups in total. The van der Waals surface area contributed by atoms with E-state index in [-0.39, 0.29) is 11.5 Å². The van der Waals surface area contributed by atoms with Crippen molar-refractivity contribution in [2.45, 2.75) is 63.4 Å². The van der Waals surface area contributed by atoms with E-state index in [1.165, 1.54) is 24.0 Å². The predicted molar refractivity (Wildman–Crippen MR) is 88.3 cm³/mol. The molecule has 3 aliphatic rings. The van der Waals surface area contributed by atoms with Crippen LogP contribution in [0.2, 0.25) is 0 Å². The SMILES string of the molecule is C[C@]12CC[C@@H]3c4c(CCl)cc(O)cc4CC[C@H]3[C@@H]1CC[C@@H]2O. The maximum absolute atomic E-state index is 10.5. The summed E-state index contributed by atoms with van der Waals surface area (Å²) in [5, 5.41) is 20.4. The van der Waals surface area contributed by atoms with Gasteiger partial charge in [-0.1, -0.05) is 6.92 Å². The van der Waals surface area contributed by atoms with Crippen molar-refractivity contribution in [1.29, 1.82) is 0 Å². The van der Waals surface area contributed by atoms with Crippen LogP contribution in [0, 0.1) is 17.3 Å². The molecular formula is C19H25ClO2. The average Bonchev–Trinajstić information content (AvgIpc) is 2.81. The minimum absolute atomic E-state index is 0.118. The first-order valence-corrected chi connectivity index (χ1v) is 9.16. The van der Waals surface area contributed by atoms with Crippen molar-refractivity contribution in [3.8, 4) is 5.75 Å². The van der Waals surface area contributed by atoms with E-state index in [1.807, 2.05) is 12.1 Å². The molecular weight excluding hydrogens is 296 g/mol. The van der Waals surface area contributed by atoms with Crippen LogP contribution in [0.1, 0.15) is 61.6 Å². The largest absolute Gasteiger partial charge is 0.508 e. The summed E-state index contributed by atoms with van der Waals surface area (Å²) in [7, 11) is 0. The molecule has 3 heteroatoms. The first kappa shape index (κ1) is 14.8. The van der Waals surface area contributed by atoms with Crippen LogP contribution in [0.4, 0.5) is 0 Å². The molecule has 0 saturated heterocycles. The molecule has 0 aromatic heterocycles. The molecule has 0 amide bonds. The molecule has 2 nitrogen and oxygen atoms in total. The van der Waals surface area contributed by atoms with E-state index >= 15 is 0 Å². The molecule has 1 aromatic carbocycles. The van der Waals surface area contributed by atoms with Gasteiger partial charge in [-0.05, 0) is 90.5 Å². The topological polar surface area (TPSA) is 40.5 Å². The van der Waals surface area contributed by atoms with Crippen molar-refractivity contribution < 1.29 is 10.2 Å². The molecule has 120 valence electrons. The van der Waals surface area contributed by atoms with E-state index < -0.39 is 0 Å². The Morgan fingerprint density at radius 3 is 2.82 bits per heavy atom. The summed E-state index contributed by atoms with van der Waals surface area (Å²) in [6.07, 6.45) is 6.51. The third-order valence-corrected chi connectivity index (χ3v) is 7.27. The van der Waals surface area contributed by atoms with Gasteiger partial charge in [0.1, 0.15) is 5.75 Å². The van der Waals surface area contributed by atoms with Gasteiger partial charge in [0.25, 0.3) is 0 Å². The zero-order valence-corrected chi connectivity index (χ0v) is 13.9. The number of aliphatic hydroxyl groups excluding tert-OH is 1. The Bertz CT molecular complexity index is 582. The minimum atomic E-state index is -0.118. The highest BCUT2D eigenvalue weighted by atomic mass is 35.5. The summed E-state index contributed by atoms with van der Waals surface area (Å²) in [6.45, 7) is 2.31. The monoisotopic (exact) mass is 320 g/mol. The number of alkyl halides is 1. The van der Waals surface area contributed by atoms with Crippen molar-refractivity contribution >= 4 is 11.6 Å². The molecule has 0 spiro atoms. The van der Waals surface area contributed by atoms with Gasteiger partial charge >= 0.3 is 0 Å². The van der Waals surface area contributed by atoms with Crippen molar-refractivity contribution in [3.05, 3.63) is 28.8 Å². The Morgan fingerprint density at radius 2 is 2.05 bits per heavy atom. The lowest BCUT2D eigenvalue weighted by Gasteiger charge is -2.50. The number of fused-ring (bicyclic) bond motifs is 5. The van der Waals surface area contributed by atoms with Crippen molar-refractivity contribution in [2.24, 2.45) is 17.3 Å². The molecule has 0 radical (unpaired) electrons. The molecule has 2 fully saturated rings. The highest BCUT2D eigenvalue weighted by molar-refractivity contribution is 6.17. The molecule has 1 aromatic rings. The molecule has 2 saturated carbocycles. The lowest BCUT2D eigenvalue weighted by atomic mass is 9.55. The summed E-state index contributed by atoms with van der Waals surface area (Å²) < 4.78 is 0. The van der Waals surface area contributed by atoms with E-state index in [0.717, 1.165) is 31.2 Å². The van der Waals surface area contributed by atoms with Crippen LogP contribution in [0.3, 0.4) is 0 Å². The van der Waals surface area contributed by atoms with Crippen LogP contribution in [0.5, 0.6) is 5.75 Å². The number of benzene rings is 1. The second kappa shape index (κ2) is 5.14. The molecule has 0 bridgehead atoms. The minimum Gasteiger partial charge on any atom is -0.508 e. The Hall–Kier alpha value is -0.730. The van der Waals surface area contributed by atoms with Gasteiger partial charge in [0.2, 0.25) is 0 Å². The highest BCUT2D eigenvalue weighted by Gasteiger charge is 2.54. The quantitative estimate of drug-likeness (QED) is 0.755. The number of hydrogen-bond acceptors (Lipinski definition) is 2. The van der Waals surface area contributed by atoms with E-state index in [9.17, 15) is 10.2 Å². The second-order valence-corrected chi connectivity index (χ2v) is 8.13. The summed E-state index contributed by atoms with van der Waals surface area (Å²) in [4.78, 5) is 0. The van der Waals surface area contributed by atoms with Gasteiger partial charge in [0, 0.05) is 5.88 Å². The third-order valence-electron chi connectivity index (χ3n) is 6.98. The molecule has 5 atom stereocenters. The number of phenolic OH excluding ortho intramolecular Hbond substituents is 1. The molecule has 0 aliphatic heterocycles. The van der Waals surface area contributed by atoms with Gasteiger partial charge in [-0.2, -0.15) is 0 Å². The average molecular weight is 321 g/mol. The number of aromatic hydroxyl groups is 1. The number of halogens is 1. The van der Waals surface area contributed by atoms with Crippen LogP contribution in [0.25, 0.3) is 0 Å². The molecule has 0 heterocycles. The number of rotatable bonds is 1. The first-order chi connectivity index (χ1) is 10.5. The van der Waals surface area contributed by atoms with E-state index in [4.69, 9.17) is 11.6 Å². The normalized spacial score (nSPS) is 40.0. The number of aryl methyl sites for hydroxylation is 1.